The van der Waals surface area contributed by atoms with E-state index in [1.165, 1.54) is 0 Å². The second-order valence-electron chi connectivity index (χ2n) is 7.25. The minimum absolute atomic E-state index is 0.0661. The summed E-state index contributed by atoms with van der Waals surface area (Å²) in [6.07, 6.45) is 4.67. The number of aryl methyl sites for hydroxylation is 2. The van der Waals surface area contributed by atoms with Crippen molar-refractivity contribution in [1.82, 2.24) is 4.98 Å². The average Bonchev–Trinajstić information content (AvgIpc) is 2.96. The Morgan fingerprint density at radius 3 is 2.55 bits per heavy atom. The molecule has 0 aliphatic carbocycles. The van der Waals surface area contributed by atoms with E-state index in [2.05, 4.69) is 10.3 Å². The molecule has 0 unspecified atom stereocenters. The molecule has 2 aromatic carbocycles. The highest BCUT2D eigenvalue weighted by atomic mass is 16.2. The first-order valence-corrected chi connectivity index (χ1v) is 9.86. The first kappa shape index (κ1) is 18.9. The summed E-state index contributed by atoms with van der Waals surface area (Å²) >= 11 is 0. The van der Waals surface area contributed by atoms with Crippen LogP contribution in [0.15, 0.2) is 66.9 Å². The SMILES string of the molecule is Cc1ccccc1C(=O)Nc1ccc(C(=O)N2CCCCc3cccnc32)cc1. The van der Waals surface area contributed by atoms with Gasteiger partial charge in [0.2, 0.25) is 0 Å². The maximum absolute atomic E-state index is 13.1. The van der Waals surface area contributed by atoms with Crippen molar-refractivity contribution in [2.45, 2.75) is 26.2 Å². The van der Waals surface area contributed by atoms with Gasteiger partial charge in [0.1, 0.15) is 5.82 Å². The summed E-state index contributed by atoms with van der Waals surface area (Å²) in [5, 5.41) is 2.89. The fourth-order valence-corrected chi connectivity index (χ4v) is 3.64. The van der Waals surface area contributed by atoms with Crippen LogP contribution in [-0.2, 0) is 6.42 Å². The molecule has 1 aliphatic rings. The third kappa shape index (κ3) is 4.04. The Morgan fingerprint density at radius 2 is 1.76 bits per heavy atom. The van der Waals surface area contributed by atoms with Crippen LogP contribution >= 0.6 is 0 Å². The van der Waals surface area contributed by atoms with Gasteiger partial charge in [0.15, 0.2) is 0 Å². The van der Waals surface area contributed by atoms with Gasteiger partial charge in [-0.1, -0.05) is 24.3 Å². The van der Waals surface area contributed by atoms with Crippen LogP contribution in [0.5, 0.6) is 0 Å². The molecule has 0 saturated carbocycles. The van der Waals surface area contributed by atoms with E-state index in [0.29, 0.717) is 23.4 Å². The molecule has 3 aromatic rings. The molecule has 1 aliphatic heterocycles. The predicted octanol–water partition coefficient (Wildman–Crippen LogP) is 4.63. The molecule has 2 heterocycles. The van der Waals surface area contributed by atoms with Crippen molar-refractivity contribution >= 4 is 23.3 Å². The Labute approximate surface area is 170 Å². The van der Waals surface area contributed by atoms with E-state index in [1.807, 2.05) is 37.3 Å². The number of carbonyl (C=O) groups excluding carboxylic acids is 2. The number of pyridine rings is 1. The van der Waals surface area contributed by atoms with Crippen LogP contribution in [0.4, 0.5) is 11.5 Å². The Kier molecular flexibility index (Phi) is 5.38. The summed E-state index contributed by atoms with van der Waals surface area (Å²) in [5.74, 6) is 0.531. The van der Waals surface area contributed by atoms with Gasteiger partial charge in [-0.2, -0.15) is 0 Å². The number of amides is 2. The van der Waals surface area contributed by atoms with Crippen molar-refractivity contribution < 1.29 is 9.59 Å². The Hall–Kier alpha value is -3.47. The lowest BCUT2D eigenvalue weighted by molar-refractivity contribution is 0.0985. The van der Waals surface area contributed by atoms with E-state index in [4.69, 9.17) is 0 Å². The number of nitrogens with zero attached hydrogens (tertiary/aromatic N) is 2. The number of anilines is 2. The molecule has 1 N–H and O–H groups in total. The average molecular weight is 385 g/mol. The maximum atomic E-state index is 13.1. The van der Waals surface area contributed by atoms with Crippen molar-refractivity contribution in [3.63, 3.8) is 0 Å². The quantitative estimate of drug-likeness (QED) is 0.715. The summed E-state index contributed by atoms with van der Waals surface area (Å²) < 4.78 is 0. The van der Waals surface area contributed by atoms with Crippen molar-refractivity contribution in [3.8, 4) is 0 Å². The van der Waals surface area contributed by atoms with E-state index in [9.17, 15) is 9.59 Å². The lowest BCUT2D eigenvalue weighted by atomic mass is 10.1. The number of fused-ring (bicyclic) bond motifs is 1. The van der Waals surface area contributed by atoms with Crippen LogP contribution in [0.3, 0.4) is 0 Å². The van der Waals surface area contributed by atoms with Gasteiger partial charge in [-0.15, -0.1) is 0 Å². The van der Waals surface area contributed by atoms with E-state index in [-0.39, 0.29) is 11.8 Å². The van der Waals surface area contributed by atoms with Gasteiger partial charge in [-0.05, 0) is 73.7 Å². The van der Waals surface area contributed by atoms with Crippen molar-refractivity contribution in [3.05, 3.63) is 89.1 Å². The van der Waals surface area contributed by atoms with Crippen LogP contribution in [0.25, 0.3) is 0 Å². The molecule has 0 atom stereocenters. The number of rotatable bonds is 3. The van der Waals surface area contributed by atoms with Crippen molar-refractivity contribution in [1.29, 1.82) is 0 Å². The summed E-state index contributed by atoms with van der Waals surface area (Å²) in [6.45, 7) is 2.57. The number of hydrogen-bond acceptors (Lipinski definition) is 3. The lowest BCUT2D eigenvalue weighted by Crippen LogP contribution is -2.32. The molecule has 5 nitrogen and oxygen atoms in total. The largest absolute Gasteiger partial charge is 0.322 e. The highest BCUT2D eigenvalue weighted by Crippen LogP contribution is 2.25. The third-order valence-electron chi connectivity index (χ3n) is 5.23. The minimum Gasteiger partial charge on any atom is -0.322 e. The molecule has 0 saturated heterocycles. The molecule has 0 radical (unpaired) electrons. The van der Waals surface area contributed by atoms with Gasteiger partial charge in [0, 0.05) is 29.6 Å². The van der Waals surface area contributed by atoms with Gasteiger partial charge in [-0.25, -0.2) is 4.98 Å². The predicted molar refractivity (Wildman–Crippen MR) is 114 cm³/mol. The zero-order valence-corrected chi connectivity index (χ0v) is 16.4. The zero-order valence-electron chi connectivity index (χ0n) is 16.4. The molecule has 0 spiro atoms. The summed E-state index contributed by atoms with van der Waals surface area (Å²) in [5.41, 5.74) is 3.91. The topological polar surface area (TPSA) is 62.3 Å². The molecule has 4 rings (SSSR count). The van der Waals surface area contributed by atoms with Gasteiger partial charge < -0.3 is 5.32 Å². The van der Waals surface area contributed by atoms with Crippen LogP contribution in [0.1, 0.15) is 44.7 Å². The fourth-order valence-electron chi connectivity index (χ4n) is 3.64. The highest BCUT2D eigenvalue weighted by molar-refractivity contribution is 6.07. The van der Waals surface area contributed by atoms with Crippen LogP contribution in [-0.4, -0.2) is 23.3 Å². The number of nitrogens with one attached hydrogen (secondary N) is 1. The van der Waals surface area contributed by atoms with Gasteiger partial charge in [0.05, 0.1) is 0 Å². The van der Waals surface area contributed by atoms with Gasteiger partial charge in [-0.3, -0.25) is 14.5 Å². The first-order chi connectivity index (χ1) is 14.1. The minimum atomic E-state index is -0.159. The first-order valence-electron chi connectivity index (χ1n) is 9.86. The maximum Gasteiger partial charge on any atom is 0.259 e. The van der Waals surface area contributed by atoms with E-state index < -0.39 is 0 Å². The zero-order chi connectivity index (χ0) is 20.2. The Morgan fingerprint density at radius 1 is 0.966 bits per heavy atom. The Balaban J connectivity index is 1.51. The second kappa shape index (κ2) is 8.27. The molecule has 146 valence electrons. The number of aromatic nitrogens is 1. The van der Waals surface area contributed by atoms with E-state index in [0.717, 1.165) is 36.2 Å². The fraction of sp³-hybridized carbons (Fsp3) is 0.208. The second-order valence-corrected chi connectivity index (χ2v) is 7.25. The Bertz CT molecular complexity index is 1040. The molecule has 2 amide bonds. The van der Waals surface area contributed by atoms with E-state index in [1.54, 1.807) is 41.4 Å². The standard InChI is InChI=1S/C24H23N3O2/c1-17-7-2-3-10-21(17)23(28)26-20-13-11-19(12-14-20)24(29)27-16-5-4-8-18-9-6-15-25-22(18)27/h2-3,6-7,9-15H,4-5,8,16H2,1H3,(H,26,28). The molecular weight excluding hydrogens is 362 g/mol. The van der Waals surface area contributed by atoms with E-state index >= 15 is 0 Å². The molecule has 29 heavy (non-hydrogen) atoms. The molecule has 5 heteroatoms. The summed E-state index contributed by atoms with van der Waals surface area (Å²) in [7, 11) is 0. The van der Waals surface area contributed by atoms with Crippen molar-refractivity contribution in [2.75, 3.05) is 16.8 Å². The smallest absolute Gasteiger partial charge is 0.259 e. The number of carbonyl (C=O) groups is 2. The van der Waals surface area contributed by atoms with Crippen LogP contribution in [0, 0.1) is 6.92 Å². The van der Waals surface area contributed by atoms with Crippen LogP contribution in [0.2, 0.25) is 0 Å². The molecule has 0 fully saturated rings. The lowest BCUT2D eigenvalue weighted by Gasteiger charge is -2.21. The normalized spacial score (nSPS) is 13.3. The van der Waals surface area contributed by atoms with Crippen molar-refractivity contribution in [2.24, 2.45) is 0 Å². The monoisotopic (exact) mass is 385 g/mol. The van der Waals surface area contributed by atoms with Crippen LogP contribution < -0.4 is 10.2 Å². The van der Waals surface area contributed by atoms with Gasteiger partial charge >= 0.3 is 0 Å². The molecule has 0 bridgehead atoms. The number of benzene rings is 2. The molecular formula is C24H23N3O2. The molecule has 1 aromatic heterocycles. The van der Waals surface area contributed by atoms with Gasteiger partial charge in [0.25, 0.3) is 11.8 Å². The number of hydrogen-bond donors (Lipinski definition) is 1. The third-order valence-corrected chi connectivity index (χ3v) is 5.23. The summed E-state index contributed by atoms with van der Waals surface area (Å²) in [6, 6.07) is 18.4. The summed E-state index contributed by atoms with van der Waals surface area (Å²) in [4.78, 5) is 31.8. The highest BCUT2D eigenvalue weighted by Gasteiger charge is 2.23.